The van der Waals surface area contributed by atoms with Gasteiger partial charge < -0.3 is 19.4 Å². The first-order valence-electron chi connectivity index (χ1n) is 3.76. The van der Waals surface area contributed by atoms with Crippen LogP contribution >= 0.6 is 0 Å². The molecule has 0 aliphatic rings. The molecular weight excluding hydrogens is 188 g/mol. The van der Waals surface area contributed by atoms with E-state index in [-0.39, 0.29) is 11.5 Å². The van der Waals surface area contributed by atoms with Crippen molar-refractivity contribution in [2.24, 2.45) is 0 Å². The molecule has 0 saturated heterocycles. The van der Waals surface area contributed by atoms with Crippen LogP contribution in [0.4, 0.5) is 0 Å². The first-order chi connectivity index (χ1) is 6.25. The third kappa shape index (κ3) is 2.73. The SMILES string of the molecule is O[Si]OCCc1cccc(O)c1O. The van der Waals surface area contributed by atoms with E-state index in [4.69, 9.17) is 14.3 Å². The number of rotatable bonds is 4. The van der Waals surface area contributed by atoms with Crippen molar-refractivity contribution in [3.05, 3.63) is 23.8 Å². The van der Waals surface area contributed by atoms with Gasteiger partial charge in [0.05, 0.1) is 0 Å². The van der Waals surface area contributed by atoms with Crippen LogP contribution in [-0.2, 0) is 10.8 Å². The van der Waals surface area contributed by atoms with Gasteiger partial charge in [-0.3, -0.25) is 0 Å². The summed E-state index contributed by atoms with van der Waals surface area (Å²) >= 11 is 0. The maximum Gasteiger partial charge on any atom is 0.430 e. The van der Waals surface area contributed by atoms with Gasteiger partial charge in [-0.2, -0.15) is 0 Å². The molecule has 0 unspecified atom stereocenters. The summed E-state index contributed by atoms with van der Waals surface area (Å²) in [5.41, 5.74) is 0.609. The minimum atomic E-state index is -0.541. The Kier molecular flexibility index (Phi) is 3.75. The van der Waals surface area contributed by atoms with E-state index in [1.807, 2.05) is 0 Å². The molecule has 2 radical (unpaired) electrons. The van der Waals surface area contributed by atoms with Crippen molar-refractivity contribution in [2.45, 2.75) is 6.42 Å². The van der Waals surface area contributed by atoms with Gasteiger partial charge in [-0.05, 0) is 18.1 Å². The van der Waals surface area contributed by atoms with Crippen LogP contribution in [0.25, 0.3) is 0 Å². The van der Waals surface area contributed by atoms with Gasteiger partial charge in [-0.1, -0.05) is 12.1 Å². The zero-order valence-corrected chi connectivity index (χ0v) is 7.90. The minimum absolute atomic E-state index is 0.118. The topological polar surface area (TPSA) is 69.9 Å². The van der Waals surface area contributed by atoms with Gasteiger partial charge >= 0.3 is 10.0 Å². The molecule has 0 aliphatic carbocycles. The third-order valence-corrected chi connectivity index (χ3v) is 1.97. The molecule has 1 aromatic rings. The molecule has 0 atom stereocenters. The Balaban J connectivity index is 2.61. The van der Waals surface area contributed by atoms with Crippen molar-refractivity contribution in [3.8, 4) is 11.5 Å². The Morgan fingerprint density at radius 2 is 2.08 bits per heavy atom. The Labute approximate surface area is 78.5 Å². The fraction of sp³-hybridized carbons (Fsp3) is 0.250. The number of aromatic hydroxyl groups is 2. The summed E-state index contributed by atoms with van der Waals surface area (Å²) in [6, 6.07) is 4.75. The lowest BCUT2D eigenvalue weighted by molar-refractivity contribution is 0.286. The maximum atomic E-state index is 9.33. The normalized spacial score (nSPS) is 10.2. The van der Waals surface area contributed by atoms with Gasteiger partial charge in [0.2, 0.25) is 0 Å². The van der Waals surface area contributed by atoms with Crippen molar-refractivity contribution in [1.29, 1.82) is 0 Å². The summed E-state index contributed by atoms with van der Waals surface area (Å²) in [5.74, 6) is -0.253. The minimum Gasteiger partial charge on any atom is -0.504 e. The van der Waals surface area contributed by atoms with Crippen LogP contribution in [0, 0.1) is 0 Å². The third-order valence-electron chi connectivity index (χ3n) is 1.64. The van der Waals surface area contributed by atoms with E-state index < -0.39 is 10.0 Å². The summed E-state index contributed by atoms with van der Waals surface area (Å²) in [6.45, 7) is 0.325. The molecule has 0 aromatic heterocycles. The smallest absolute Gasteiger partial charge is 0.430 e. The average molecular weight is 198 g/mol. The molecule has 0 heterocycles. The lowest BCUT2D eigenvalue weighted by Gasteiger charge is -2.04. The molecule has 13 heavy (non-hydrogen) atoms. The van der Waals surface area contributed by atoms with Gasteiger partial charge in [0.15, 0.2) is 11.5 Å². The molecule has 4 nitrogen and oxygen atoms in total. The second-order valence-electron chi connectivity index (χ2n) is 2.47. The molecule has 0 spiro atoms. The number of phenolic OH excluding ortho intramolecular Hbond substituents is 2. The van der Waals surface area contributed by atoms with Gasteiger partial charge in [0, 0.05) is 6.61 Å². The predicted molar refractivity (Wildman–Crippen MR) is 47.4 cm³/mol. The van der Waals surface area contributed by atoms with E-state index in [0.29, 0.717) is 18.6 Å². The van der Waals surface area contributed by atoms with Crippen LogP contribution in [-0.4, -0.2) is 31.6 Å². The van der Waals surface area contributed by atoms with E-state index >= 15 is 0 Å². The molecule has 3 N–H and O–H groups in total. The number of para-hydroxylation sites is 1. The van der Waals surface area contributed by atoms with Crippen molar-refractivity contribution in [1.82, 2.24) is 0 Å². The van der Waals surface area contributed by atoms with Crippen LogP contribution in [0.1, 0.15) is 5.56 Å². The lowest BCUT2D eigenvalue weighted by atomic mass is 10.1. The molecule has 0 fully saturated rings. The first-order valence-corrected chi connectivity index (χ1v) is 4.62. The molecule has 5 heteroatoms. The largest absolute Gasteiger partial charge is 0.504 e. The number of hydrogen-bond acceptors (Lipinski definition) is 4. The molecular formula is C8H10O4Si. The van der Waals surface area contributed by atoms with Crippen molar-refractivity contribution in [2.75, 3.05) is 6.61 Å². The zero-order chi connectivity index (χ0) is 9.68. The number of benzene rings is 1. The fourth-order valence-corrected chi connectivity index (χ4v) is 1.18. The fourth-order valence-electron chi connectivity index (χ4n) is 0.986. The van der Waals surface area contributed by atoms with E-state index in [1.165, 1.54) is 6.07 Å². The van der Waals surface area contributed by atoms with Gasteiger partial charge in [-0.15, -0.1) is 0 Å². The second-order valence-corrected chi connectivity index (χ2v) is 2.95. The van der Waals surface area contributed by atoms with Crippen molar-refractivity contribution < 1.29 is 19.4 Å². The van der Waals surface area contributed by atoms with E-state index in [1.54, 1.807) is 12.1 Å². The number of hydrogen-bond donors (Lipinski definition) is 3. The van der Waals surface area contributed by atoms with Gasteiger partial charge in [0.25, 0.3) is 0 Å². The molecule has 1 rings (SSSR count). The summed E-state index contributed by atoms with van der Waals surface area (Å²) < 4.78 is 4.72. The molecule has 70 valence electrons. The average Bonchev–Trinajstić information content (AvgIpc) is 2.13. The second kappa shape index (κ2) is 4.86. The lowest BCUT2D eigenvalue weighted by Crippen LogP contribution is -2.02. The van der Waals surface area contributed by atoms with Gasteiger partial charge in [0.1, 0.15) is 0 Å². The van der Waals surface area contributed by atoms with Crippen LogP contribution in [0.5, 0.6) is 11.5 Å². The van der Waals surface area contributed by atoms with E-state index in [9.17, 15) is 5.11 Å². The molecule has 1 aromatic carbocycles. The summed E-state index contributed by atoms with van der Waals surface area (Å²) in [4.78, 5) is 8.36. The number of phenols is 2. The highest BCUT2D eigenvalue weighted by Gasteiger charge is 2.04. The molecule has 0 bridgehead atoms. The highest BCUT2D eigenvalue weighted by molar-refractivity contribution is 6.15. The van der Waals surface area contributed by atoms with Crippen LogP contribution in [0.2, 0.25) is 0 Å². The zero-order valence-electron chi connectivity index (χ0n) is 6.90. The van der Waals surface area contributed by atoms with Gasteiger partial charge in [-0.25, -0.2) is 0 Å². The Hall–Kier alpha value is -1.04. The van der Waals surface area contributed by atoms with Crippen molar-refractivity contribution in [3.63, 3.8) is 0 Å². The van der Waals surface area contributed by atoms with Crippen molar-refractivity contribution >= 4 is 10.0 Å². The first kappa shape index (κ1) is 10.0. The van der Waals surface area contributed by atoms with E-state index in [0.717, 1.165) is 0 Å². The van der Waals surface area contributed by atoms with Crippen LogP contribution < -0.4 is 0 Å². The highest BCUT2D eigenvalue weighted by Crippen LogP contribution is 2.28. The maximum absolute atomic E-state index is 9.33. The summed E-state index contributed by atoms with van der Waals surface area (Å²) in [7, 11) is -0.541. The Morgan fingerprint density at radius 3 is 2.77 bits per heavy atom. The quantitative estimate of drug-likeness (QED) is 0.367. The Bertz CT molecular complexity index is 277. The molecule has 0 amide bonds. The Morgan fingerprint density at radius 1 is 1.31 bits per heavy atom. The molecule has 0 saturated carbocycles. The predicted octanol–water partition coefficient (Wildman–Crippen LogP) is 0.183. The molecule has 0 aliphatic heterocycles. The van der Waals surface area contributed by atoms with E-state index in [2.05, 4.69) is 0 Å². The standard InChI is InChI=1S/C8H10O4Si/c9-7-3-1-2-6(8(7)10)4-5-12-13-11/h1-3,9-11H,4-5H2. The summed E-state index contributed by atoms with van der Waals surface area (Å²) in [5, 5.41) is 18.4. The highest BCUT2D eigenvalue weighted by atomic mass is 28.2. The van der Waals surface area contributed by atoms with Crippen LogP contribution in [0.15, 0.2) is 18.2 Å². The monoisotopic (exact) mass is 198 g/mol. The summed E-state index contributed by atoms with van der Waals surface area (Å²) in [6.07, 6.45) is 0.466. The van der Waals surface area contributed by atoms with Crippen LogP contribution in [0.3, 0.4) is 0 Å².